The second kappa shape index (κ2) is 7.37. The number of rotatable bonds is 2. The van der Waals surface area contributed by atoms with Crippen LogP contribution in [0.2, 0.25) is 0 Å². The first-order valence-electron chi connectivity index (χ1n) is 10.0. The molecule has 0 bridgehead atoms. The summed E-state index contributed by atoms with van der Waals surface area (Å²) in [5, 5.41) is 9.84. The number of carboxylic acids is 1. The number of amides is 1. The molecule has 2 aromatic rings. The van der Waals surface area contributed by atoms with Gasteiger partial charge in [0.1, 0.15) is 5.82 Å². The highest BCUT2D eigenvalue weighted by Crippen LogP contribution is 2.25. The number of fused-ring (bicyclic) bond motifs is 2. The lowest BCUT2D eigenvalue weighted by atomic mass is 9.93. The molecule has 0 saturated carbocycles. The Morgan fingerprint density at radius 1 is 1.18 bits per heavy atom. The Balaban J connectivity index is 1.70. The van der Waals surface area contributed by atoms with Gasteiger partial charge in [-0.2, -0.15) is 0 Å². The number of benzene rings is 1. The minimum atomic E-state index is -0.861. The number of aliphatic carboxylic acids is 1. The standard InChI is InChI=1S/C21H25N3O4/c1-13-6-7-15(21(27)28)12-24(13)19(25)14-8-9-16-17(11-14)22-18-5-3-2-4-10-23(18)20(16)26/h8-9,11,13,15H,2-7,10,12H2,1H3,(H,27,28). The average molecular weight is 383 g/mol. The van der Waals surface area contributed by atoms with E-state index in [2.05, 4.69) is 4.98 Å². The monoisotopic (exact) mass is 383 g/mol. The van der Waals surface area contributed by atoms with Crippen molar-refractivity contribution in [1.82, 2.24) is 14.5 Å². The van der Waals surface area contributed by atoms with Crippen molar-refractivity contribution in [3.05, 3.63) is 39.9 Å². The second-order valence-corrected chi connectivity index (χ2v) is 7.95. The molecule has 28 heavy (non-hydrogen) atoms. The maximum Gasteiger partial charge on any atom is 0.308 e. The van der Waals surface area contributed by atoms with Crippen LogP contribution in [0.25, 0.3) is 10.9 Å². The van der Waals surface area contributed by atoms with Gasteiger partial charge in [0.25, 0.3) is 11.5 Å². The van der Waals surface area contributed by atoms with Gasteiger partial charge >= 0.3 is 5.97 Å². The van der Waals surface area contributed by atoms with Crippen molar-refractivity contribution in [1.29, 1.82) is 0 Å². The number of hydrogen-bond donors (Lipinski definition) is 1. The van der Waals surface area contributed by atoms with Crippen LogP contribution in [0.3, 0.4) is 0 Å². The summed E-state index contributed by atoms with van der Waals surface area (Å²) in [6, 6.07) is 5.01. The van der Waals surface area contributed by atoms with Crippen LogP contribution < -0.4 is 5.56 Å². The van der Waals surface area contributed by atoms with Crippen LogP contribution in [-0.2, 0) is 17.8 Å². The molecule has 1 amide bonds. The molecule has 148 valence electrons. The van der Waals surface area contributed by atoms with Crippen molar-refractivity contribution >= 4 is 22.8 Å². The molecule has 1 N–H and O–H groups in total. The first kappa shape index (κ1) is 18.7. The Labute approximate surface area is 163 Å². The minimum absolute atomic E-state index is 0.00979. The third-order valence-corrected chi connectivity index (χ3v) is 6.06. The van der Waals surface area contributed by atoms with Gasteiger partial charge in [-0.25, -0.2) is 4.98 Å². The maximum atomic E-state index is 13.1. The Hall–Kier alpha value is -2.70. The van der Waals surface area contributed by atoms with Crippen LogP contribution in [0.4, 0.5) is 0 Å². The van der Waals surface area contributed by atoms with Crippen LogP contribution >= 0.6 is 0 Å². The van der Waals surface area contributed by atoms with Gasteiger partial charge in [0.2, 0.25) is 0 Å². The molecule has 0 aliphatic carbocycles. The van der Waals surface area contributed by atoms with Crippen molar-refractivity contribution in [3.8, 4) is 0 Å². The van der Waals surface area contributed by atoms with Crippen molar-refractivity contribution in [2.24, 2.45) is 5.92 Å². The summed E-state index contributed by atoms with van der Waals surface area (Å²) in [6.07, 6.45) is 5.10. The maximum absolute atomic E-state index is 13.1. The van der Waals surface area contributed by atoms with E-state index in [0.717, 1.165) is 31.5 Å². The van der Waals surface area contributed by atoms with E-state index in [1.54, 1.807) is 27.7 Å². The summed E-state index contributed by atoms with van der Waals surface area (Å²) in [6.45, 7) is 2.86. The number of hydrogen-bond acceptors (Lipinski definition) is 4. The molecule has 2 atom stereocenters. The van der Waals surface area contributed by atoms with E-state index in [1.165, 1.54) is 0 Å². The third kappa shape index (κ3) is 3.30. The number of carboxylic acid groups (broad SMARTS) is 1. The van der Waals surface area contributed by atoms with Crippen LogP contribution in [0, 0.1) is 5.92 Å². The van der Waals surface area contributed by atoms with Gasteiger partial charge < -0.3 is 10.0 Å². The lowest BCUT2D eigenvalue weighted by Crippen LogP contribution is -2.47. The van der Waals surface area contributed by atoms with Gasteiger partial charge in [0.05, 0.1) is 16.8 Å². The molecule has 0 spiro atoms. The van der Waals surface area contributed by atoms with Gasteiger partial charge in [-0.3, -0.25) is 19.0 Å². The molecular weight excluding hydrogens is 358 g/mol. The van der Waals surface area contributed by atoms with E-state index in [1.807, 2.05) is 6.92 Å². The highest BCUT2D eigenvalue weighted by Gasteiger charge is 2.33. The Kier molecular flexibility index (Phi) is 4.91. The average Bonchev–Trinajstić information content (AvgIpc) is 2.93. The first-order valence-corrected chi connectivity index (χ1v) is 10.0. The summed E-state index contributed by atoms with van der Waals surface area (Å²) in [5.41, 5.74) is 0.956. The summed E-state index contributed by atoms with van der Waals surface area (Å²) in [4.78, 5) is 43.6. The van der Waals surface area contributed by atoms with E-state index in [-0.39, 0.29) is 24.1 Å². The third-order valence-electron chi connectivity index (χ3n) is 6.06. The Bertz CT molecular complexity index is 997. The lowest BCUT2D eigenvalue weighted by molar-refractivity contribution is -0.143. The normalized spacial score (nSPS) is 22.5. The molecule has 1 fully saturated rings. The number of aromatic nitrogens is 2. The van der Waals surface area contributed by atoms with Crippen molar-refractivity contribution in [3.63, 3.8) is 0 Å². The molecule has 4 rings (SSSR count). The van der Waals surface area contributed by atoms with Crippen molar-refractivity contribution in [2.45, 2.75) is 58.0 Å². The summed E-state index contributed by atoms with van der Waals surface area (Å²) >= 11 is 0. The smallest absolute Gasteiger partial charge is 0.308 e. The highest BCUT2D eigenvalue weighted by molar-refractivity contribution is 5.98. The van der Waals surface area contributed by atoms with Crippen molar-refractivity contribution < 1.29 is 14.7 Å². The van der Waals surface area contributed by atoms with E-state index in [4.69, 9.17) is 0 Å². The van der Waals surface area contributed by atoms with Gasteiger partial charge in [-0.1, -0.05) is 6.42 Å². The van der Waals surface area contributed by atoms with E-state index < -0.39 is 11.9 Å². The molecule has 1 aromatic carbocycles. The molecule has 1 aromatic heterocycles. The first-order chi connectivity index (χ1) is 13.5. The molecular formula is C21H25N3O4. The molecule has 3 heterocycles. The molecule has 7 heteroatoms. The summed E-state index contributed by atoms with van der Waals surface area (Å²) < 4.78 is 1.76. The van der Waals surface area contributed by atoms with Gasteiger partial charge in [0.15, 0.2) is 0 Å². The van der Waals surface area contributed by atoms with Crippen LogP contribution in [0.15, 0.2) is 23.0 Å². The zero-order chi connectivity index (χ0) is 19.8. The number of nitrogens with zero attached hydrogens (tertiary/aromatic N) is 3. The SMILES string of the molecule is CC1CCC(C(=O)O)CN1C(=O)c1ccc2c(=O)n3c(nc2c1)CCCCC3. The van der Waals surface area contributed by atoms with E-state index >= 15 is 0 Å². The Morgan fingerprint density at radius 2 is 2.00 bits per heavy atom. The Morgan fingerprint density at radius 3 is 2.79 bits per heavy atom. The molecule has 2 aliphatic rings. The van der Waals surface area contributed by atoms with Gasteiger partial charge in [-0.05, 0) is 50.8 Å². The van der Waals surface area contributed by atoms with Crippen LogP contribution in [0.5, 0.6) is 0 Å². The fourth-order valence-electron chi connectivity index (χ4n) is 4.31. The zero-order valence-electron chi connectivity index (χ0n) is 16.1. The van der Waals surface area contributed by atoms with Gasteiger partial charge in [-0.15, -0.1) is 0 Å². The number of carbonyl (C=O) groups is 2. The number of piperidine rings is 1. The number of aryl methyl sites for hydroxylation is 1. The predicted molar refractivity (Wildman–Crippen MR) is 104 cm³/mol. The molecule has 1 saturated heterocycles. The highest BCUT2D eigenvalue weighted by atomic mass is 16.4. The quantitative estimate of drug-likeness (QED) is 0.860. The number of likely N-dealkylation sites (tertiary alicyclic amines) is 1. The van der Waals surface area contributed by atoms with E-state index in [0.29, 0.717) is 35.9 Å². The minimum Gasteiger partial charge on any atom is -0.481 e. The molecule has 2 unspecified atom stereocenters. The lowest BCUT2D eigenvalue weighted by Gasteiger charge is -2.36. The van der Waals surface area contributed by atoms with E-state index in [9.17, 15) is 19.5 Å². The molecule has 2 aliphatic heterocycles. The fourth-order valence-corrected chi connectivity index (χ4v) is 4.31. The van der Waals surface area contributed by atoms with Gasteiger partial charge in [0, 0.05) is 31.1 Å². The van der Waals surface area contributed by atoms with Crippen LogP contribution in [0.1, 0.15) is 55.2 Å². The van der Waals surface area contributed by atoms with Crippen molar-refractivity contribution in [2.75, 3.05) is 6.54 Å². The zero-order valence-corrected chi connectivity index (χ0v) is 16.1. The fraction of sp³-hybridized carbons (Fsp3) is 0.524. The topological polar surface area (TPSA) is 92.5 Å². The summed E-state index contributed by atoms with van der Waals surface area (Å²) in [7, 11) is 0. The largest absolute Gasteiger partial charge is 0.481 e. The second-order valence-electron chi connectivity index (χ2n) is 7.95. The molecule has 7 nitrogen and oxygen atoms in total. The number of carbonyl (C=O) groups excluding carboxylic acids is 1. The predicted octanol–water partition coefficient (Wildman–Crippen LogP) is 2.45. The summed E-state index contributed by atoms with van der Waals surface area (Å²) in [5.74, 6) is -0.797. The van der Waals surface area contributed by atoms with Crippen LogP contribution in [-0.4, -0.2) is 44.0 Å². The molecule has 0 radical (unpaired) electrons.